The molecule has 2 aromatic carbocycles. The first-order valence-electron chi connectivity index (χ1n) is 11.0. The molecule has 0 spiro atoms. The number of fused-ring (bicyclic) bond motifs is 1. The van der Waals surface area contributed by atoms with Crippen LogP contribution in [0.1, 0.15) is 33.5 Å². The third-order valence-corrected chi connectivity index (χ3v) is 7.06. The summed E-state index contributed by atoms with van der Waals surface area (Å²) in [5.74, 6) is 1.15. The molecule has 2 aromatic rings. The van der Waals surface area contributed by atoms with Crippen LogP contribution in [0.25, 0.3) is 0 Å². The van der Waals surface area contributed by atoms with E-state index in [-0.39, 0.29) is 11.8 Å². The summed E-state index contributed by atoms with van der Waals surface area (Å²) in [4.78, 5) is 29.8. The van der Waals surface area contributed by atoms with E-state index >= 15 is 0 Å². The number of benzene rings is 2. The van der Waals surface area contributed by atoms with Gasteiger partial charge in [0.2, 0.25) is 5.91 Å². The summed E-state index contributed by atoms with van der Waals surface area (Å²) in [5, 5.41) is 3.59. The predicted octanol–water partition coefficient (Wildman–Crippen LogP) is 4.30. The van der Waals surface area contributed by atoms with Crippen molar-refractivity contribution in [1.82, 2.24) is 9.80 Å². The van der Waals surface area contributed by atoms with E-state index in [4.69, 9.17) is 11.6 Å². The molecule has 0 aromatic heterocycles. The predicted molar refractivity (Wildman–Crippen MR) is 125 cm³/mol. The highest BCUT2D eigenvalue weighted by Gasteiger charge is 2.41. The minimum absolute atomic E-state index is 0.00353. The fraction of sp³-hybridized carbons (Fsp3) is 0.440. The van der Waals surface area contributed by atoms with Crippen LogP contribution in [-0.2, 0) is 4.79 Å². The summed E-state index contributed by atoms with van der Waals surface area (Å²) in [6.07, 6.45) is 0.454. The number of anilines is 1. The van der Waals surface area contributed by atoms with Crippen molar-refractivity contribution in [3.05, 3.63) is 63.7 Å². The Balaban J connectivity index is 1.26. The average Bonchev–Trinajstić information content (AvgIpc) is 3.28. The summed E-state index contributed by atoms with van der Waals surface area (Å²) < 4.78 is 0. The summed E-state index contributed by atoms with van der Waals surface area (Å²) in [6, 6.07) is 11.6. The molecule has 1 N–H and O–H groups in total. The Kier molecular flexibility index (Phi) is 6.35. The number of likely N-dealkylation sites (tertiary alicyclic amines) is 2. The van der Waals surface area contributed by atoms with E-state index < -0.39 is 0 Å². The highest BCUT2D eigenvalue weighted by Crippen LogP contribution is 2.32. The molecule has 164 valence electrons. The molecule has 31 heavy (non-hydrogen) atoms. The molecule has 0 radical (unpaired) electrons. The van der Waals surface area contributed by atoms with E-state index in [9.17, 15) is 9.59 Å². The van der Waals surface area contributed by atoms with Crippen LogP contribution in [0.5, 0.6) is 0 Å². The van der Waals surface area contributed by atoms with Gasteiger partial charge in [-0.25, -0.2) is 0 Å². The van der Waals surface area contributed by atoms with Crippen molar-refractivity contribution in [1.29, 1.82) is 0 Å². The van der Waals surface area contributed by atoms with Gasteiger partial charge in [-0.2, -0.15) is 0 Å². The standard InChI is InChI=1S/C25H30ClN3O2/c1-16-7-8-21(11-22(16)26)27-23(30)9-10-28-12-19-14-29(15-20(19)13-28)25(31)24-17(2)5-4-6-18(24)3/h4-8,11,19-20H,9-10,12-15H2,1-3H3,(H,27,30). The van der Waals surface area contributed by atoms with E-state index in [0.29, 0.717) is 23.3 Å². The Labute approximate surface area is 189 Å². The second-order valence-electron chi connectivity index (χ2n) is 9.02. The maximum Gasteiger partial charge on any atom is 0.254 e. The quantitative estimate of drug-likeness (QED) is 0.755. The van der Waals surface area contributed by atoms with Gasteiger partial charge in [0.05, 0.1) is 0 Å². The molecule has 6 heteroatoms. The number of carbonyl (C=O) groups excluding carboxylic acids is 2. The van der Waals surface area contributed by atoms with E-state index in [1.54, 1.807) is 6.07 Å². The highest BCUT2D eigenvalue weighted by molar-refractivity contribution is 6.31. The van der Waals surface area contributed by atoms with E-state index in [1.807, 2.05) is 56.0 Å². The normalized spacial score (nSPS) is 20.7. The molecule has 5 nitrogen and oxygen atoms in total. The lowest BCUT2D eigenvalue weighted by Crippen LogP contribution is -2.34. The first-order valence-corrected chi connectivity index (χ1v) is 11.3. The summed E-state index contributed by atoms with van der Waals surface area (Å²) in [6.45, 7) is 10.2. The molecule has 0 aliphatic carbocycles. The minimum Gasteiger partial charge on any atom is -0.338 e. The Morgan fingerprint density at radius 1 is 0.968 bits per heavy atom. The van der Waals surface area contributed by atoms with E-state index in [1.165, 1.54) is 0 Å². The molecule has 2 amide bonds. The van der Waals surface area contributed by atoms with Crippen molar-refractivity contribution in [2.45, 2.75) is 27.2 Å². The minimum atomic E-state index is 0.00353. The molecule has 2 aliphatic rings. The summed E-state index contributed by atoms with van der Waals surface area (Å²) >= 11 is 6.14. The molecule has 2 saturated heterocycles. The van der Waals surface area contributed by atoms with Crippen molar-refractivity contribution in [2.24, 2.45) is 11.8 Å². The fourth-order valence-corrected chi connectivity index (χ4v) is 5.08. The van der Waals surface area contributed by atoms with Crippen LogP contribution in [0, 0.1) is 32.6 Å². The van der Waals surface area contributed by atoms with Crippen LogP contribution in [0.2, 0.25) is 5.02 Å². The lowest BCUT2D eigenvalue weighted by molar-refractivity contribution is -0.116. The second kappa shape index (κ2) is 9.01. The van der Waals surface area contributed by atoms with Gasteiger partial charge < -0.3 is 15.1 Å². The molecule has 2 atom stereocenters. The van der Waals surface area contributed by atoms with Crippen LogP contribution in [0.15, 0.2) is 36.4 Å². The van der Waals surface area contributed by atoms with Crippen molar-refractivity contribution < 1.29 is 9.59 Å². The van der Waals surface area contributed by atoms with Crippen molar-refractivity contribution in [3.63, 3.8) is 0 Å². The van der Waals surface area contributed by atoms with Crippen LogP contribution in [0.3, 0.4) is 0 Å². The smallest absolute Gasteiger partial charge is 0.254 e. The molecular weight excluding hydrogens is 410 g/mol. The summed E-state index contributed by atoms with van der Waals surface area (Å²) in [7, 11) is 0. The van der Waals surface area contributed by atoms with Gasteiger partial charge in [0, 0.05) is 55.4 Å². The van der Waals surface area contributed by atoms with E-state index in [2.05, 4.69) is 10.2 Å². The van der Waals surface area contributed by atoms with Gasteiger partial charge in [-0.15, -0.1) is 0 Å². The molecule has 2 unspecified atom stereocenters. The third kappa shape index (κ3) is 4.78. The first-order chi connectivity index (χ1) is 14.8. The second-order valence-corrected chi connectivity index (χ2v) is 9.43. The summed E-state index contributed by atoms with van der Waals surface area (Å²) in [5.41, 5.74) is 4.68. The van der Waals surface area contributed by atoms with Gasteiger partial charge in [0.1, 0.15) is 0 Å². The zero-order chi connectivity index (χ0) is 22.1. The molecular formula is C25H30ClN3O2. The SMILES string of the molecule is Cc1ccc(NC(=O)CCN2CC3CN(C(=O)c4c(C)cccc4C)CC3C2)cc1Cl. The van der Waals surface area contributed by atoms with Gasteiger partial charge in [-0.3, -0.25) is 9.59 Å². The molecule has 0 bridgehead atoms. The van der Waals surface area contributed by atoms with Crippen LogP contribution in [-0.4, -0.2) is 54.3 Å². The van der Waals surface area contributed by atoms with E-state index in [0.717, 1.165) is 60.7 Å². The van der Waals surface area contributed by atoms with Gasteiger partial charge in [-0.05, 0) is 61.4 Å². The van der Waals surface area contributed by atoms with Crippen LogP contribution < -0.4 is 5.32 Å². The number of nitrogens with zero attached hydrogens (tertiary/aromatic N) is 2. The van der Waals surface area contributed by atoms with Gasteiger partial charge in [-0.1, -0.05) is 35.9 Å². The zero-order valence-electron chi connectivity index (χ0n) is 18.5. The number of carbonyl (C=O) groups is 2. The number of amides is 2. The molecule has 2 aliphatic heterocycles. The molecule has 0 saturated carbocycles. The number of halogens is 1. The van der Waals surface area contributed by atoms with Gasteiger partial charge in [0.15, 0.2) is 0 Å². The first kappa shape index (κ1) is 21.8. The lowest BCUT2D eigenvalue weighted by atomic mass is 10.0. The topological polar surface area (TPSA) is 52.7 Å². The Bertz CT molecular complexity index is 972. The number of hydrogen-bond donors (Lipinski definition) is 1. The Morgan fingerprint density at radius 3 is 2.23 bits per heavy atom. The van der Waals surface area contributed by atoms with Crippen molar-refractivity contribution in [2.75, 3.05) is 38.0 Å². The molecule has 4 rings (SSSR count). The maximum atomic E-state index is 13.1. The highest BCUT2D eigenvalue weighted by atomic mass is 35.5. The van der Waals surface area contributed by atoms with Crippen LogP contribution >= 0.6 is 11.6 Å². The average molecular weight is 440 g/mol. The molecule has 2 fully saturated rings. The van der Waals surface area contributed by atoms with Gasteiger partial charge >= 0.3 is 0 Å². The zero-order valence-corrected chi connectivity index (χ0v) is 19.2. The van der Waals surface area contributed by atoms with Crippen molar-refractivity contribution in [3.8, 4) is 0 Å². The largest absolute Gasteiger partial charge is 0.338 e. The number of nitrogens with one attached hydrogen (secondary N) is 1. The van der Waals surface area contributed by atoms with Crippen molar-refractivity contribution >= 4 is 29.1 Å². The molecule has 2 heterocycles. The maximum absolute atomic E-state index is 13.1. The Morgan fingerprint density at radius 2 is 1.61 bits per heavy atom. The van der Waals surface area contributed by atoms with Gasteiger partial charge in [0.25, 0.3) is 5.91 Å². The number of rotatable bonds is 5. The third-order valence-electron chi connectivity index (χ3n) is 6.65. The Hall–Kier alpha value is -2.37. The fourth-order valence-electron chi connectivity index (χ4n) is 4.90. The van der Waals surface area contributed by atoms with Crippen LogP contribution in [0.4, 0.5) is 5.69 Å². The number of aryl methyl sites for hydroxylation is 3. The number of hydrogen-bond acceptors (Lipinski definition) is 3. The monoisotopic (exact) mass is 439 g/mol. The lowest BCUT2D eigenvalue weighted by Gasteiger charge is -2.23.